The number of carbonyl (C=O) groups excluding carboxylic acids is 1. The molecule has 10 nitrogen and oxygen atoms in total. The van der Waals surface area contributed by atoms with Gasteiger partial charge in [-0.05, 0) is 23.3 Å². The van der Waals surface area contributed by atoms with Crippen molar-refractivity contribution in [3.8, 4) is 11.1 Å². The number of nitrogens with two attached hydrogens (primary N) is 1. The zero-order valence-corrected chi connectivity index (χ0v) is 17.0. The van der Waals surface area contributed by atoms with E-state index in [-0.39, 0.29) is 24.8 Å². The first-order chi connectivity index (χ1) is 15.5. The third-order valence-electron chi connectivity index (χ3n) is 5.58. The number of hydrogen-bond donors (Lipinski definition) is 4. The summed E-state index contributed by atoms with van der Waals surface area (Å²) < 4.78 is 5.80. The molecule has 164 valence electrons. The summed E-state index contributed by atoms with van der Waals surface area (Å²) >= 11 is 0. The van der Waals surface area contributed by atoms with Crippen LogP contribution in [0.3, 0.4) is 0 Å². The van der Waals surface area contributed by atoms with Crippen molar-refractivity contribution in [2.75, 3.05) is 11.9 Å². The lowest BCUT2D eigenvalue weighted by molar-refractivity contribution is -0.117. The number of rotatable bonds is 4. The van der Waals surface area contributed by atoms with Gasteiger partial charge in [0, 0.05) is 12.1 Å². The summed E-state index contributed by atoms with van der Waals surface area (Å²) in [6, 6.07) is 16.8. The number of nitrogens with zero attached hydrogens (tertiary/aromatic N) is 4. The maximum atomic E-state index is 12.4. The number of fused-ring (bicyclic) bond motifs is 1. The third kappa shape index (κ3) is 3.64. The van der Waals surface area contributed by atoms with Gasteiger partial charge in [0.25, 0.3) is 5.91 Å². The number of anilines is 1. The van der Waals surface area contributed by atoms with E-state index in [0.29, 0.717) is 5.96 Å². The van der Waals surface area contributed by atoms with Gasteiger partial charge in [0.2, 0.25) is 11.9 Å². The van der Waals surface area contributed by atoms with Crippen molar-refractivity contribution >= 4 is 29.3 Å². The SMILES string of the molecule is NC1=NC(=O)C2N=C(Nc3ccc(-c4ccccc4)cc3)N(C3CC(O)C(CO)O3)C2=N1. The lowest BCUT2D eigenvalue weighted by Gasteiger charge is -2.29. The molecule has 10 heteroatoms. The first-order valence-electron chi connectivity index (χ1n) is 10.2. The van der Waals surface area contributed by atoms with Crippen LogP contribution in [-0.4, -0.2) is 69.9 Å². The van der Waals surface area contributed by atoms with Crippen LogP contribution < -0.4 is 11.1 Å². The summed E-state index contributed by atoms with van der Waals surface area (Å²) in [5, 5.41) is 22.9. The zero-order chi connectivity index (χ0) is 22.2. The number of benzene rings is 2. The van der Waals surface area contributed by atoms with E-state index in [9.17, 15) is 15.0 Å². The highest BCUT2D eigenvalue weighted by atomic mass is 16.5. The summed E-state index contributed by atoms with van der Waals surface area (Å²) in [5.41, 5.74) is 8.61. The van der Waals surface area contributed by atoms with Crippen LogP contribution in [0.5, 0.6) is 0 Å². The molecule has 0 saturated carbocycles. The van der Waals surface area contributed by atoms with Crippen LogP contribution in [0.25, 0.3) is 11.1 Å². The Morgan fingerprint density at radius 1 is 1.09 bits per heavy atom. The first-order valence-corrected chi connectivity index (χ1v) is 10.2. The van der Waals surface area contributed by atoms with Crippen molar-refractivity contribution in [1.29, 1.82) is 0 Å². The molecule has 5 rings (SSSR count). The number of aliphatic hydroxyl groups is 2. The molecule has 2 aromatic rings. The first kappa shape index (κ1) is 20.3. The summed E-state index contributed by atoms with van der Waals surface area (Å²) in [6.45, 7) is -0.329. The fourth-order valence-corrected chi connectivity index (χ4v) is 4.00. The molecule has 3 aliphatic heterocycles. The maximum absolute atomic E-state index is 12.4. The smallest absolute Gasteiger partial charge is 0.281 e. The van der Waals surface area contributed by atoms with Gasteiger partial charge in [0.05, 0.1) is 12.7 Å². The lowest BCUT2D eigenvalue weighted by atomic mass is 10.1. The van der Waals surface area contributed by atoms with Gasteiger partial charge in [0.1, 0.15) is 12.3 Å². The highest BCUT2D eigenvalue weighted by Gasteiger charge is 2.47. The van der Waals surface area contributed by atoms with Gasteiger partial charge in [-0.2, -0.15) is 9.98 Å². The number of guanidine groups is 2. The fourth-order valence-electron chi connectivity index (χ4n) is 4.00. The van der Waals surface area contributed by atoms with Gasteiger partial charge in [-0.25, -0.2) is 4.99 Å². The molecule has 0 spiro atoms. The highest BCUT2D eigenvalue weighted by Crippen LogP contribution is 2.30. The summed E-state index contributed by atoms with van der Waals surface area (Å²) in [5.74, 6) is -0.0740. The quantitative estimate of drug-likeness (QED) is 0.549. The van der Waals surface area contributed by atoms with Gasteiger partial charge >= 0.3 is 0 Å². The number of hydrogen-bond acceptors (Lipinski definition) is 9. The second kappa shape index (κ2) is 8.15. The minimum atomic E-state index is -0.942. The predicted molar refractivity (Wildman–Crippen MR) is 119 cm³/mol. The fraction of sp³-hybridized carbons (Fsp3) is 0.273. The van der Waals surface area contributed by atoms with E-state index in [0.717, 1.165) is 16.8 Å². The monoisotopic (exact) mass is 434 g/mol. The van der Waals surface area contributed by atoms with E-state index >= 15 is 0 Å². The standard InChI is InChI=1S/C22H22N6O4/c23-21-26-19-18(20(31)27-21)25-22(28(19)17-10-15(30)16(11-29)32-17)24-14-8-6-13(7-9-14)12-4-2-1-3-5-12/h1-9,15-18,29-30H,10-11H2,(H,24,25)(H2,23,27,31). The van der Waals surface area contributed by atoms with Crippen molar-refractivity contribution in [3.05, 3.63) is 54.6 Å². The molecule has 0 bridgehead atoms. The van der Waals surface area contributed by atoms with Crippen LogP contribution in [0.1, 0.15) is 6.42 Å². The molecule has 0 aromatic heterocycles. The van der Waals surface area contributed by atoms with Gasteiger partial charge in [-0.15, -0.1) is 0 Å². The van der Waals surface area contributed by atoms with Gasteiger partial charge < -0.3 is 26.0 Å². The van der Waals surface area contributed by atoms with Crippen LogP contribution in [0, 0.1) is 0 Å². The van der Waals surface area contributed by atoms with Crippen molar-refractivity contribution in [3.63, 3.8) is 0 Å². The molecular weight excluding hydrogens is 412 g/mol. The van der Waals surface area contributed by atoms with E-state index in [1.165, 1.54) is 0 Å². The van der Waals surface area contributed by atoms with Crippen molar-refractivity contribution in [2.24, 2.45) is 20.7 Å². The Morgan fingerprint density at radius 3 is 2.50 bits per heavy atom. The molecule has 4 atom stereocenters. The Labute approximate surface area is 183 Å². The largest absolute Gasteiger partial charge is 0.394 e. The third-order valence-corrected chi connectivity index (χ3v) is 5.58. The van der Waals surface area contributed by atoms with Crippen LogP contribution in [-0.2, 0) is 9.53 Å². The number of amidine groups is 1. The van der Waals surface area contributed by atoms with Gasteiger partial charge in [0.15, 0.2) is 11.9 Å². The number of amides is 1. The molecule has 5 N–H and O–H groups in total. The van der Waals surface area contributed by atoms with E-state index < -0.39 is 30.4 Å². The van der Waals surface area contributed by atoms with Crippen molar-refractivity contribution in [2.45, 2.75) is 30.9 Å². The van der Waals surface area contributed by atoms with Gasteiger partial charge in [-0.3, -0.25) is 9.69 Å². The predicted octanol–water partition coefficient (Wildman–Crippen LogP) is 0.527. The minimum Gasteiger partial charge on any atom is -0.394 e. The van der Waals surface area contributed by atoms with E-state index in [1.807, 2.05) is 54.6 Å². The zero-order valence-electron chi connectivity index (χ0n) is 17.0. The molecule has 1 saturated heterocycles. The van der Waals surface area contributed by atoms with E-state index in [1.54, 1.807) is 4.90 Å². The average molecular weight is 434 g/mol. The van der Waals surface area contributed by atoms with E-state index in [2.05, 4.69) is 20.3 Å². The van der Waals surface area contributed by atoms with Crippen LogP contribution in [0.4, 0.5) is 5.69 Å². The van der Waals surface area contributed by atoms with Gasteiger partial charge in [-0.1, -0.05) is 42.5 Å². The Bertz CT molecular complexity index is 1120. The molecule has 0 aliphatic carbocycles. The molecule has 1 amide bonds. The summed E-state index contributed by atoms with van der Waals surface area (Å²) in [6.07, 6.45) is -2.08. The molecule has 4 unspecified atom stereocenters. The normalized spacial score (nSPS) is 27.0. The molecule has 3 heterocycles. The Kier molecular flexibility index (Phi) is 5.17. The Morgan fingerprint density at radius 2 is 1.81 bits per heavy atom. The summed E-state index contributed by atoms with van der Waals surface area (Å²) in [7, 11) is 0. The highest BCUT2D eigenvalue weighted by molar-refractivity contribution is 6.25. The second-order valence-electron chi connectivity index (χ2n) is 7.69. The molecule has 1 fully saturated rings. The molecular formula is C22H22N6O4. The molecule has 3 aliphatic rings. The molecule has 2 aromatic carbocycles. The maximum Gasteiger partial charge on any atom is 0.281 e. The average Bonchev–Trinajstić information content (AvgIpc) is 3.34. The lowest BCUT2D eigenvalue weighted by Crippen LogP contribution is -2.48. The number of aliphatic hydroxyl groups excluding tert-OH is 2. The number of aliphatic imine (C=N–C) groups is 3. The van der Waals surface area contributed by atoms with Crippen molar-refractivity contribution < 1.29 is 19.7 Å². The van der Waals surface area contributed by atoms with Crippen LogP contribution in [0.15, 0.2) is 69.6 Å². The number of ether oxygens (including phenoxy) is 1. The topological polar surface area (TPSA) is 145 Å². The van der Waals surface area contributed by atoms with Crippen molar-refractivity contribution in [1.82, 2.24) is 4.90 Å². The van der Waals surface area contributed by atoms with Crippen LogP contribution >= 0.6 is 0 Å². The Balaban J connectivity index is 1.43. The van der Waals surface area contributed by atoms with Crippen LogP contribution in [0.2, 0.25) is 0 Å². The minimum absolute atomic E-state index is 0.160. The number of carbonyl (C=O) groups is 1. The molecule has 0 radical (unpaired) electrons. The van der Waals surface area contributed by atoms with E-state index in [4.69, 9.17) is 10.5 Å². The second-order valence-corrected chi connectivity index (χ2v) is 7.69. The Hall–Kier alpha value is -3.60. The number of nitrogens with one attached hydrogen (secondary N) is 1. The molecule has 32 heavy (non-hydrogen) atoms. The summed E-state index contributed by atoms with van der Waals surface area (Å²) in [4.78, 5) is 26.4.